The van der Waals surface area contributed by atoms with Gasteiger partial charge in [0, 0.05) is 12.4 Å². The Bertz CT molecular complexity index is 432. The van der Waals surface area contributed by atoms with Crippen LogP contribution in [0, 0.1) is 5.92 Å². The molecule has 0 spiro atoms. The van der Waals surface area contributed by atoms with Gasteiger partial charge in [0.2, 0.25) is 0 Å². The van der Waals surface area contributed by atoms with E-state index in [-0.39, 0.29) is 11.8 Å². The predicted octanol–water partition coefficient (Wildman–Crippen LogP) is 2.07. The number of hydrogen-bond acceptors (Lipinski definition) is 4. The van der Waals surface area contributed by atoms with E-state index < -0.39 is 17.7 Å². The van der Waals surface area contributed by atoms with Gasteiger partial charge in [-0.15, -0.1) is 0 Å². The average Bonchev–Trinajstić information content (AvgIpc) is 2.75. The Hall–Kier alpha value is -1.85. The molecule has 0 aliphatic carbocycles. The van der Waals surface area contributed by atoms with Crippen molar-refractivity contribution in [2.24, 2.45) is 5.92 Å². The third-order valence-electron chi connectivity index (χ3n) is 2.36. The summed E-state index contributed by atoms with van der Waals surface area (Å²) in [7, 11) is 0. The fourth-order valence-electron chi connectivity index (χ4n) is 1.50. The van der Waals surface area contributed by atoms with Crippen LogP contribution in [0.3, 0.4) is 0 Å². The molecule has 0 aliphatic rings. The third-order valence-corrected chi connectivity index (χ3v) is 2.36. The Morgan fingerprint density at radius 1 is 1.32 bits per heavy atom. The van der Waals surface area contributed by atoms with Crippen molar-refractivity contribution in [3.8, 4) is 0 Å². The van der Waals surface area contributed by atoms with Crippen LogP contribution in [0.1, 0.15) is 39.4 Å². The molecule has 6 heteroatoms. The smallest absolute Gasteiger partial charge is 0.408 e. The highest BCUT2D eigenvalue weighted by Crippen LogP contribution is 2.10. The summed E-state index contributed by atoms with van der Waals surface area (Å²) in [6.07, 6.45) is 3.88. The van der Waals surface area contributed by atoms with Crippen molar-refractivity contribution in [3.05, 3.63) is 18.7 Å². The first kappa shape index (κ1) is 15.2. The summed E-state index contributed by atoms with van der Waals surface area (Å²) < 4.78 is 6.51. The van der Waals surface area contributed by atoms with Crippen LogP contribution in [-0.4, -0.2) is 33.2 Å². The van der Waals surface area contributed by atoms with Crippen LogP contribution in [0.4, 0.5) is 4.79 Å². The summed E-state index contributed by atoms with van der Waals surface area (Å²) >= 11 is 0. The molecule has 0 unspecified atom stereocenters. The van der Waals surface area contributed by atoms with Crippen LogP contribution in [0.25, 0.3) is 0 Å². The van der Waals surface area contributed by atoms with Gasteiger partial charge in [-0.25, -0.2) is 9.78 Å². The number of nitrogens with zero attached hydrogens (tertiary/aromatic N) is 2. The van der Waals surface area contributed by atoms with E-state index in [2.05, 4.69) is 10.3 Å². The van der Waals surface area contributed by atoms with Gasteiger partial charge in [-0.1, -0.05) is 13.8 Å². The highest BCUT2D eigenvalue weighted by Gasteiger charge is 2.27. The summed E-state index contributed by atoms with van der Waals surface area (Å²) in [5.74, 6) is -0.291. The molecule has 0 aliphatic heterocycles. The molecule has 0 saturated heterocycles. The molecule has 1 aromatic rings. The van der Waals surface area contributed by atoms with Crippen LogP contribution in [0.5, 0.6) is 0 Å². The van der Waals surface area contributed by atoms with Gasteiger partial charge in [-0.3, -0.25) is 9.36 Å². The number of carbonyl (C=O) groups is 2. The largest absolute Gasteiger partial charge is 0.444 e. The summed E-state index contributed by atoms with van der Waals surface area (Å²) in [5, 5.41) is 2.60. The Labute approximate surface area is 113 Å². The molecule has 1 aromatic heterocycles. The van der Waals surface area contributed by atoms with Gasteiger partial charge in [0.25, 0.3) is 5.91 Å². The topological polar surface area (TPSA) is 73.2 Å². The highest BCUT2D eigenvalue weighted by atomic mass is 16.6. The summed E-state index contributed by atoms with van der Waals surface area (Å²) in [6, 6.07) is -0.649. The second kappa shape index (κ2) is 5.86. The first-order valence-electron chi connectivity index (χ1n) is 6.22. The maximum Gasteiger partial charge on any atom is 0.408 e. The van der Waals surface area contributed by atoms with E-state index in [1.807, 2.05) is 13.8 Å². The van der Waals surface area contributed by atoms with E-state index in [0.29, 0.717) is 0 Å². The standard InChI is InChI=1S/C13H21N3O3/c1-9(2)10(11(17)16-7-6-14-8-16)15-12(18)19-13(3,4)5/h6-10H,1-5H3,(H,15,18)/t10-/m1/s1. The molecule has 6 nitrogen and oxygen atoms in total. The zero-order valence-electron chi connectivity index (χ0n) is 12.0. The monoisotopic (exact) mass is 267 g/mol. The lowest BCUT2D eigenvalue weighted by atomic mass is 10.0. The minimum atomic E-state index is -0.649. The maximum atomic E-state index is 12.2. The van der Waals surface area contributed by atoms with Crippen molar-refractivity contribution in [2.75, 3.05) is 0 Å². The van der Waals surface area contributed by atoms with Gasteiger partial charge in [0.05, 0.1) is 0 Å². The lowest BCUT2D eigenvalue weighted by Crippen LogP contribution is -2.48. The van der Waals surface area contributed by atoms with E-state index in [9.17, 15) is 9.59 Å². The summed E-state index contributed by atoms with van der Waals surface area (Å²) in [5.41, 5.74) is -0.594. The number of nitrogens with one attached hydrogen (secondary N) is 1. The molecule has 0 radical (unpaired) electrons. The maximum absolute atomic E-state index is 12.2. The second-order valence-corrected chi connectivity index (χ2v) is 5.68. The van der Waals surface area contributed by atoms with Crippen molar-refractivity contribution < 1.29 is 14.3 Å². The number of amides is 1. The fourth-order valence-corrected chi connectivity index (χ4v) is 1.50. The average molecular weight is 267 g/mol. The number of rotatable bonds is 3. The lowest BCUT2D eigenvalue weighted by Gasteiger charge is -2.24. The Balaban J connectivity index is 2.74. The van der Waals surface area contributed by atoms with Crippen molar-refractivity contribution in [2.45, 2.75) is 46.3 Å². The molecule has 0 saturated carbocycles. The van der Waals surface area contributed by atoms with E-state index >= 15 is 0 Å². The third kappa shape index (κ3) is 4.73. The number of alkyl carbamates (subject to hydrolysis) is 1. The minimum absolute atomic E-state index is 0.0533. The predicted molar refractivity (Wildman–Crippen MR) is 70.8 cm³/mol. The quantitative estimate of drug-likeness (QED) is 0.910. The van der Waals surface area contributed by atoms with E-state index in [1.54, 1.807) is 27.0 Å². The van der Waals surface area contributed by atoms with Crippen LogP contribution >= 0.6 is 0 Å². The first-order valence-corrected chi connectivity index (χ1v) is 6.22. The molecule has 1 amide bonds. The number of aromatic nitrogens is 2. The Kier molecular flexibility index (Phi) is 4.69. The van der Waals surface area contributed by atoms with Crippen LogP contribution in [0.15, 0.2) is 18.7 Å². The van der Waals surface area contributed by atoms with Crippen molar-refractivity contribution in [1.82, 2.24) is 14.9 Å². The van der Waals surface area contributed by atoms with Crippen molar-refractivity contribution in [1.29, 1.82) is 0 Å². The first-order chi connectivity index (χ1) is 8.70. The van der Waals surface area contributed by atoms with Crippen molar-refractivity contribution in [3.63, 3.8) is 0 Å². The number of ether oxygens (including phenoxy) is 1. The minimum Gasteiger partial charge on any atom is -0.444 e. The van der Waals surface area contributed by atoms with Gasteiger partial charge in [-0.2, -0.15) is 0 Å². The molecule has 19 heavy (non-hydrogen) atoms. The van der Waals surface area contributed by atoms with Gasteiger partial charge in [0.15, 0.2) is 0 Å². The Morgan fingerprint density at radius 3 is 2.37 bits per heavy atom. The molecular weight excluding hydrogens is 246 g/mol. The lowest BCUT2D eigenvalue weighted by molar-refractivity contribution is 0.0464. The zero-order valence-corrected chi connectivity index (χ0v) is 12.0. The molecule has 1 atom stereocenters. The number of imidazole rings is 1. The normalized spacial score (nSPS) is 13.2. The highest BCUT2D eigenvalue weighted by molar-refractivity contribution is 5.87. The summed E-state index contributed by atoms with van der Waals surface area (Å²) in [4.78, 5) is 27.8. The molecule has 1 heterocycles. The molecular formula is C13H21N3O3. The fraction of sp³-hybridized carbons (Fsp3) is 0.615. The zero-order chi connectivity index (χ0) is 14.6. The molecule has 0 bridgehead atoms. The van der Waals surface area contributed by atoms with Crippen LogP contribution in [-0.2, 0) is 4.74 Å². The summed E-state index contributed by atoms with van der Waals surface area (Å²) in [6.45, 7) is 9.03. The SMILES string of the molecule is CC(C)[C@@H](NC(=O)OC(C)(C)C)C(=O)n1ccnc1. The van der Waals surface area contributed by atoms with Gasteiger partial charge >= 0.3 is 6.09 Å². The number of hydrogen-bond donors (Lipinski definition) is 1. The molecule has 106 valence electrons. The van der Waals surface area contributed by atoms with Crippen molar-refractivity contribution >= 4 is 12.0 Å². The second-order valence-electron chi connectivity index (χ2n) is 5.68. The molecule has 0 aromatic carbocycles. The van der Waals surface area contributed by atoms with E-state index in [0.717, 1.165) is 0 Å². The van der Waals surface area contributed by atoms with E-state index in [1.165, 1.54) is 17.1 Å². The van der Waals surface area contributed by atoms with Gasteiger partial charge in [-0.05, 0) is 26.7 Å². The van der Waals surface area contributed by atoms with E-state index in [4.69, 9.17) is 4.74 Å². The number of carbonyl (C=O) groups excluding carboxylic acids is 2. The Morgan fingerprint density at radius 2 is 1.95 bits per heavy atom. The van der Waals surface area contributed by atoms with Gasteiger partial charge in [0.1, 0.15) is 18.0 Å². The van der Waals surface area contributed by atoms with Crippen LogP contribution < -0.4 is 5.32 Å². The van der Waals surface area contributed by atoms with Crippen LogP contribution in [0.2, 0.25) is 0 Å². The molecule has 1 N–H and O–H groups in total. The molecule has 0 fully saturated rings. The molecule has 1 rings (SSSR count). The van der Waals surface area contributed by atoms with Gasteiger partial charge < -0.3 is 10.1 Å².